The van der Waals surface area contributed by atoms with Gasteiger partial charge in [0.1, 0.15) is 5.75 Å². The number of anilines is 1. The van der Waals surface area contributed by atoms with Gasteiger partial charge in [-0.2, -0.15) is 8.42 Å². The van der Waals surface area contributed by atoms with E-state index in [2.05, 4.69) is 13.0 Å². The monoisotopic (exact) mass is 506 g/mol. The average Bonchev–Trinajstić information content (AvgIpc) is 2.84. The van der Waals surface area contributed by atoms with Crippen molar-refractivity contribution in [3.63, 3.8) is 0 Å². The van der Waals surface area contributed by atoms with Gasteiger partial charge in [0.15, 0.2) is 6.29 Å². The number of benzene rings is 3. The molecule has 0 aliphatic carbocycles. The summed E-state index contributed by atoms with van der Waals surface area (Å²) in [6.45, 7) is 4.05. The number of rotatable bonds is 10. The van der Waals surface area contributed by atoms with E-state index in [1.807, 2.05) is 37.3 Å². The number of hydrogen-bond donors (Lipinski definition) is 2. The Morgan fingerprint density at radius 3 is 2.47 bits per heavy atom. The van der Waals surface area contributed by atoms with E-state index in [0.717, 1.165) is 40.6 Å². The molecular weight excluding hydrogens is 476 g/mol. The van der Waals surface area contributed by atoms with Gasteiger partial charge in [0.2, 0.25) is 0 Å². The minimum absolute atomic E-state index is 0.00915. The zero-order chi connectivity index (χ0) is 25.7. The van der Waals surface area contributed by atoms with Gasteiger partial charge in [-0.1, -0.05) is 49.2 Å². The van der Waals surface area contributed by atoms with Crippen LogP contribution in [0.25, 0.3) is 22.2 Å². The molecule has 0 saturated heterocycles. The molecule has 188 valence electrons. The van der Waals surface area contributed by atoms with E-state index < -0.39 is 16.4 Å². The lowest BCUT2D eigenvalue weighted by Gasteiger charge is -2.13. The molecule has 4 aromatic rings. The Morgan fingerprint density at radius 2 is 1.75 bits per heavy atom. The second kappa shape index (κ2) is 11.1. The highest BCUT2D eigenvalue weighted by molar-refractivity contribution is 7.86. The molecule has 7 nitrogen and oxygen atoms in total. The molecule has 0 fully saturated rings. The number of ether oxygens (including phenoxy) is 1. The first-order valence-corrected chi connectivity index (χ1v) is 13.3. The molecule has 4 rings (SSSR count). The number of nitrogen functional groups attached to an aromatic ring is 1. The predicted octanol–water partition coefficient (Wildman–Crippen LogP) is 5.24. The molecule has 1 heterocycles. The summed E-state index contributed by atoms with van der Waals surface area (Å²) in [5, 5.41) is 11.0. The fourth-order valence-electron chi connectivity index (χ4n) is 3.86. The molecule has 3 N–H and O–H groups in total. The van der Waals surface area contributed by atoms with Gasteiger partial charge in [0, 0.05) is 29.1 Å². The second-order valence-corrected chi connectivity index (χ2v) is 10.2. The zero-order valence-corrected chi connectivity index (χ0v) is 21.2. The Labute approximate surface area is 211 Å². The van der Waals surface area contributed by atoms with Crippen molar-refractivity contribution in [2.75, 3.05) is 12.3 Å². The largest absolute Gasteiger partial charge is 0.493 e. The third kappa shape index (κ3) is 6.20. The van der Waals surface area contributed by atoms with Crippen LogP contribution in [0.2, 0.25) is 0 Å². The SMILES string of the molecule is CCCc1ccc(-c2ccc3ccc(OCCC(O)OS(=O)(=O)c4ccc(C)cc4)cc3n2)c(N)c1. The van der Waals surface area contributed by atoms with E-state index in [-0.39, 0.29) is 17.9 Å². The Morgan fingerprint density at radius 1 is 1.00 bits per heavy atom. The topological polar surface area (TPSA) is 112 Å². The molecule has 0 aliphatic heterocycles. The number of aliphatic hydroxyl groups excluding tert-OH is 1. The van der Waals surface area contributed by atoms with E-state index in [1.165, 1.54) is 17.7 Å². The molecule has 1 unspecified atom stereocenters. The van der Waals surface area contributed by atoms with Crippen molar-refractivity contribution in [3.05, 3.63) is 83.9 Å². The maximum absolute atomic E-state index is 12.3. The standard InChI is InChI=1S/C28H30N2O5S/c1-3-4-20-7-13-24(25(29)17-20)26-14-9-21-8-10-22(18-27(21)30-26)34-16-15-28(31)35-36(32,33)23-11-5-19(2)6-12-23/h5-14,17-18,28,31H,3-4,15-16,29H2,1-2H3. The Bertz CT molecular complexity index is 1450. The van der Waals surface area contributed by atoms with Crippen molar-refractivity contribution >= 4 is 26.7 Å². The molecule has 1 atom stereocenters. The van der Waals surface area contributed by atoms with Crippen LogP contribution in [0, 0.1) is 6.92 Å². The molecule has 0 amide bonds. The van der Waals surface area contributed by atoms with Gasteiger partial charge in [-0.25, -0.2) is 9.17 Å². The van der Waals surface area contributed by atoms with Crippen molar-refractivity contribution in [3.8, 4) is 17.0 Å². The van der Waals surface area contributed by atoms with Gasteiger partial charge in [0.25, 0.3) is 10.1 Å². The number of aromatic nitrogens is 1. The molecule has 36 heavy (non-hydrogen) atoms. The highest BCUT2D eigenvalue weighted by Crippen LogP contribution is 2.29. The molecule has 0 saturated carbocycles. The second-order valence-electron chi connectivity index (χ2n) is 8.68. The quantitative estimate of drug-likeness (QED) is 0.172. The van der Waals surface area contributed by atoms with Crippen LogP contribution < -0.4 is 10.5 Å². The van der Waals surface area contributed by atoms with Crippen LogP contribution >= 0.6 is 0 Å². The van der Waals surface area contributed by atoms with Crippen LogP contribution in [0.15, 0.2) is 77.7 Å². The van der Waals surface area contributed by atoms with Gasteiger partial charge in [-0.05, 0) is 55.3 Å². The molecular formula is C28H30N2O5S. The van der Waals surface area contributed by atoms with Crippen LogP contribution in [0.4, 0.5) is 5.69 Å². The summed E-state index contributed by atoms with van der Waals surface area (Å²) in [5.74, 6) is 0.548. The predicted molar refractivity (Wildman–Crippen MR) is 141 cm³/mol. The van der Waals surface area contributed by atoms with E-state index >= 15 is 0 Å². The van der Waals surface area contributed by atoms with E-state index in [9.17, 15) is 13.5 Å². The van der Waals surface area contributed by atoms with Gasteiger partial charge >= 0.3 is 0 Å². The number of aryl methyl sites for hydroxylation is 2. The third-order valence-corrected chi connectivity index (χ3v) is 7.10. The van der Waals surface area contributed by atoms with Crippen molar-refractivity contribution in [2.24, 2.45) is 0 Å². The molecule has 3 aromatic carbocycles. The fraction of sp³-hybridized carbons (Fsp3) is 0.250. The number of fused-ring (bicyclic) bond motifs is 1. The van der Waals surface area contributed by atoms with Crippen molar-refractivity contribution in [1.82, 2.24) is 4.98 Å². The molecule has 0 bridgehead atoms. The summed E-state index contributed by atoms with van der Waals surface area (Å²) in [7, 11) is -4.07. The highest BCUT2D eigenvalue weighted by atomic mass is 32.2. The molecule has 0 spiro atoms. The van der Waals surface area contributed by atoms with Crippen LogP contribution in [-0.2, 0) is 20.7 Å². The normalized spacial score (nSPS) is 12.5. The van der Waals surface area contributed by atoms with Gasteiger partial charge in [-0.3, -0.25) is 0 Å². The Balaban J connectivity index is 1.40. The van der Waals surface area contributed by atoms with Crippen molar-refractivity contribution in [2.45, 2.75) is 44.3 Å². The van der Waals surface area contributed by atoms with Crippen LogP contribution in [0.3, 0.4) is 0 Å². The molecule has 1 aromatic heterocycles. The summed E-state index contributed by atoms with van der Waals surface area (Å²) >= 11 is 0. The lowest BCUT2D eigenvalue weighted by Crippen LogP contribution is -2.20. The Kier molecular flexibility index (Phi) is 7.88. The number of nitrogens with two attached hydrogens (primary N) is 1. The van der Waals surface area contributed by atoms with Crippen LogP contribution in [0.1, 0.15) is 30.9 Å². The van der Waals surface area contributed by atoms with Gasteiger partial charge in [0.05, 0.1) is 22.7 Å². The molecule has 0 aliphatic rings. The first-order valence-electron chi connectivity index (χ1n) is 11.9. The summed E-state index contributed by atoms with van der Waals surface area (Å²) < 4.78 is 35.3. The van der Waals surface area contributed by atoms with Gasteiger partial charge in [-0.15, -0.1) is 0 Å². The maximum atomic E-state index is 12.3. The maximum Gasteiger partial charge on any atom is 0.299 e. The average molecular weight is 507 g/mol. The summed E-state index contributed by atoms with van der Waals surface area (Å²) in [6, 6.07) is 21.7. The summed E-state index contributed by atoms with van der Waals surface area (Å²) in [6.07, 6.45) is 0.479. The van der Waals surface area contributed by atoms with Gasteiger partial charge < -0.3 is 15.6 Å². The first-order chi connectivity index (χ1) is 17.2. The van der Waals surface area contributed by atoms with Crippen LogP contribution in [0.5, 0.6) is 5.75 Å². The molecule has 8 heteroatoms. The minimum Gasteiger partial charge on any atom is -0.493 e. The van der Waals surface area contributed by atoms with E-state index in [1.54, 1.807) is 24.3 Å². The number of nitrogens with zero attached hydrogens (tertiary/aromatic N) is 1. The number of aliphatic hydroxyl groups is 1. The number of pyridine rings is 1. The lowest BCUT2D eigenvalue weighted by molar-refractivity contribution is -0.0256. The zero-order valence-electron chi connectivity index (χ0n) is 20.3. The summed E-state index contributed by atoms with van der Waals surface area (Å²) in [5.41, 5.74) is 11.5. The van der Waals surface area contributed by atoms with Crippen molar-refractivity contribution in [1.29, 1.82) is 0 Å². The highest BCUT2D eigenvalue weighted by Gasteiger charge is 2.20. The van der Waals surface area contributed by atoms with E-state index in [0.29, 0.717) is 11.4 Å². The number of hydrogen-bond acceptors (Lipinski definition) is 7. The minimum atomic E-state index is -4.07. The van der Waals surface area contributed by atoms with Crippen LogP contribution in [-0.4, -0.2) is 31.4 Å². The fourth-order valence-corrected chi connectivity index (χ4v) is 4.83. The lowest BCUT2D eigenvalue weighted by atomic mass is 10.0. The smallest absolute Gasteiger partial charge is 0.299 e. The summed E-state index contributed by atoms with van der Waals surface area (Å²) in [4.78, 5) is 4.75. The van der Waals surface area contributed by atoms with Crippen molar-refractivity contribution < 1.29 is 22.4 Å². The first kappa shape index (κ1) is 25.6. The molecule has 0 radical (unpaired) electrons. The Hall–Kier alpha value is -3.46. The van der Waals surface area contributed by atoms with E-state index in [4.69, 9.17) is 19.6 Å². The third-order valence-electron chi connectivity index (χ3n) is 5.78.